The molecule has 21 heavy (non-hydrogen) atoms. The van der Waals surface area contributed by atoms with Gasteiger partial charge in [-0.15, -0.1) is 0 Å². The summed E-state index contributed by atoms with van der Waals surface area (Å²) in [5.41, 5.74) is 1.65. The van der Waals surface area contributed by atoms with Crippen molar-refractivity contribution < 1.29 is 14.7 Å². The van der Waals surface area contributed by atoms with Crippen molar-refractivity contribution in [3.05, 3.63) is 53.9 Å². The number of urea groups is 1. The molecule has 1 atom stereocenters. The second kappa shape index (κ2) is 7.09. The topological polar surface area (TPSA) is 107 Å². The number of aromatic nitrogens is 2. The van der Waals surface area contributed by atoms with Gasteiger partial charge in [-0.2, -0.15) is 5.10 Å². The van der Waals surface area contributed by atoms with E-state index in [1.807, 2.05) is 30.3 Å². The molecule has 2 aromatic rings. The number of nitrogens with one attached hydrogen (secondary N) is 3. The molecule has 0 saturated carbocycles. The van der Waals surface area contributed by atoms with Crippen LogP contribution in [-0.2, 0) is 17.8 Å². The zero-order chi connectivity index (χ0) is 15.1. The Hall–Kier alpha value is -2.83. The third-order valence-corrected chi connectivity index (χ3v) is 2.89. The Morgan fingerprint density at radius 2 is 2.00 bits per heavy atom. The van der Waals surface area contributed by atoms with Crippen LogP contribution in [0.5, 0.6) is 0 Å². The molecule has 0 radical (unpaired) electrons. The zero-order valence-corrected chi connectivity index (χ0v) is 11.2. The van der Waals surface area contributed by atoms with E-state index in [0.717, 1.165) is 11.1 Å². The summed E-state index contributed by atoms with van der Waals surface area (Å²) >= 11 is 0. The lowest BCUT2D eigenvalue weighted by molar-refractivity contribution is -0.139. The van der Waals surface area contributed by atoms with Crippen molar-refractivity contribution in [2.45, 2.75) is 19.0 Å². The number of carbonyl (C=O) groups excluding carboxylic acids is 1. The van der Waals surface area contributed by atoms with Crippen molar-refractivity contribution >= 4 is 12.0 Å². The van der Waals surface area contributed by atoms with Crippen LogP contribution < -0.4 is 10.6 Å². The summed E-state index contributed by atoms with van der Waals surface area (Å²) in [7, 11) is 0. The lowest BCUT2D eigenvalue weighted by Crippen LogP contribution is -2.46. The quantitative estimate of drug-likeness (QED) is 0.633. The van der Waals surface area contributed by atoms with Gasteiger partial charge in [-0.3, -0.25) is 5.10 Å². The predicted molar refractivity (Wildman–Crippen MR) is 75.5 cm³/mol. The monoisotopic (exact) mass is 288 g/mol. The summed E-state index contributed by atoms with van der Waals surface area (Å²) < 4.78 is 0. The van der Waals surface area contributed by atoms with E-state index in [1.165, 1.54) is 0 Å². The first-order valence-electron chi connectivity index (χ1n) is 6.44. The van der Waals surface area contributed by atoms with E-state index in [9.17, 15) is 14.7 Å². The average molecular weight is 288 g/mol. The van der Waals surface area contributed by atoms with Gasteiger partial charge in [0.2, 0.25) is 0 Å². The Bertz CT molecular complexity index is 584. The van der Waals surface area contributed by atoms with Crippen LogP contribution in [0.25, 0.3) is 0 Å². The molecule has 1 aromatic heterocycles. The molecule has 2 amide bonds. The summed E-state index contributed by atoms with van der Waals surface area (Å²) in [6, 6.07) is 7.64. The third-order valence-electron chi connectivity index (χ3n) is 2.89. The molecule has 0 aliphatic carbocycles. The van der Waals surface area contributed by atoms with Crippen LogP contribution in [-0.4, -0.2) is 33.3 Å². The summed E-state index contributed by atoms with van der Waals surface area (Å²) in [6.45, 7) is 0.278. The Labute approximate surface area is 121 Å². The van der Waals surface area contributed by atoms with Crippen LogP contribution in [0.3, 0.4) is 0 Å². The lowest BCUT2D eigenvalue weighted by Gasteiger charge is -2.15. The lowest BCUT2D eigenvalue weighted by atomic mass is 10.1. The minimum atomic E-state index is -1.07. The number of carboxylic acid groups (broad SMARTS) is 1. The summed E-state index contributed by atoms with van der Waals surface area (Å²) in [4.78, 5) is 22.9. The van der Waals surface area contributed by atoms with Crippen molar-refractivity contribution in [3.8, 4) is 0 Å². The number of aromatic amines is 1. The fraction of sp³-hybridized carbons (Fsp3) is 0.214. The van der Waals surface area contributed by atoms with Crippen LogP contribution in [0.4, 0.5) is 4.79 Å². The zero-order valence-electron chi connectivity index (χ0n) is 11.2. The summed E-state index contributed by atoms with van der Waals surface area (Å²) in [6.07, 6.45) is 3.47. The maximum atomic E-state index is 11.7. The van der Waals surface area contributed by atoms with Gasteiger partial charge < -0.3 is 15.7 Å². The molecular weight excluding hydrogens is 272 g/mol. The predicted octanol–water partition coefficient (Wildman–Crippen LogP) is 0.905. The van der Waals surface area contributed by atoms with Crippen molar-refractivity contribution in [3.63, 3.8) is 0 Å². The molecule has 0 bridgehead atoms. The molecule has 0 aliphatic heterocycles. The first-order valence-corrected chi connectivity index (χ1v) is 6.44. The van der Waals surface area contributed by atoms with Gasteiger partial charge >= 0.3 is 12.0 Å². The number of hydrogen-bond acceptors (Lipinski definition) is 3. The van der Waals surface area contributed by atoms with Crippen molar-refractivity contribution in [2.24, 2.45) is 0 Å². The van der Waals surface area contributed by atoms with Gasteiger partial charge in [0.25, 0.3) is 0 Å². The van der Waals surface area contributed by atoms with Gasteiger partial charge in [0, 0.05) is 24.7 Å². The molecule has 110 valence electrons. The maximum absolute atomic E-state index is 11.7. The fourth-order valence-electron chi connectivity index (χ4n) is 1.82. The van der Waals surface area contributed by atoms with E-state index in [-0.39, 0.29) is 13.0 Å². The largest absolute Gasteiger partial charge is 0.480 e. The van der Waals surface area contributed by atoms with Gasteiger partial charge in [0.15, 0.2) is 0 Å². The van der Waals surface area contributed by atoms with Crippen molar-refractivity contribution in [1.29, 1.82) is 0 Å². The molecule has 0 unspecified atom stereocenters. The Balaban J connectivity index is 1.87. The van der Waals surface area contributed by atoms with Crippen LogP contribution in [0, 0.1) is 0 Å². The van der Waals surface area contributed by atoms with Gasteiger partial charge in [0.05, 0.1) is 6.20 Å². The molecule has 2 rings (SSSR count). The van der Waals surface area contributed by atoms with E-state index in [1.54, 1.807) is 12.4 Å². The normalized spacial score (nSPS) is 11.6. The number of nitrogens with zero attached hydrogens (tertiary/aromatic N) is 1. The van der Waals surface area contributed by atoms with E-state index in [4.69, 9.17) is 0 Å². The molecule has 4 N–H and O–H groups in total. The maximum Gasteiger partial charge on any atom is 0.326 e. The number of benzene rings is 1. The fourth-order valence-corrected chi connectivity index (χ4v) is 1.82. The number of amides is 2. The summed E-state index contributed by atoms with van der Waals surface area (Å²) in [5.74, 6) is -1.07. The molecule has 7 heteroatoms. The first kappa shape index (κ1) is 14.6. The van der Waals surface area contributed by atoms with Gasteiger partial charge in [0.1, 0.15) is 6.04 Å². The minimum Gasteiger partial charge on any atom is -0.480 e. The molecule has 7 nitrogen and oxygen atoms in total. The van der Waals surface area contributed by atoms with E-state index in [2.05, 4.69) is 20.8 Å². The highest BCUT2D eigenvalue weighted by Crippen LogP contribution is 2.03. The van der Waals surface area contributed by atoms with Crippen LogP contribution >= 0.6 is 0 Å². The molecule has 1 aromatic carbocycles. The highest BCUT2D eigenvalue weighted by molar-refractivity contribution is 5.82. The molecule has 0 aliphatic rings. The Morgan fingerprint density at radius 3 is 2.62 bits per heavy atom. The molecule has 1 heterocycles. The van der Waals surface area contributed by atoms with Gasteiger partial charge in [-0.25, -0.2) is 9.59 Å². The number of H-pyrrole nitrogens is 1. The smallest absolute Gasteiger partial charge is 0.326 e. The third kappa shape index (κ3) is 4.64. The number of aliphatic carboxylic acids is 1. The minimum absolute atomic E-state index is 0.231. The highest BCUT2D eigenvalue weighted by Gasteiger charge is 2.20. The van der Waals surface area contributed by atoms with Crippen molar-refractivity contribution in [2.75, 3.05) is 0 Å². The molecule has 0 spiro atoms. The van der Waals surface area contributed by atoms with Crippen LogP contribution in [0.2, 0.25) is 0 Å². The summed E-state index contributed by atoms with van der Waals surface area (Å²) in [5, 5.41) is 20.6. The second-order valence-corrected chi connectivity index (χ2v) is 4.51. The van der Waals surface area contributed by atoms with E-state index in [0.29, 0.717) is 0 Å². The standard InChI is InChI=1S/C14H16N4O3/c19-13(20)12(6-10-4-2-1-3-5-10)18-14(21)15-7-11-8-16-17-9-11/h1-5,8-9,12H,6-7H2,(H,16,17)(H,19,20)(H2,15,18,21)/t12-/m0/s1. The first-order chi connectivity index (χ1) is 10.1. The SMILES string of the molecule is O=C(NCc1cn[nH]c1)N[C@@H](Cc1ccccc1)C(=O)O. The molecule has 0 saturated heterocycles. The van der Waals surface area contributed by atoms with Crippen LogP contribution in [0.15, 0.2) is 42.7 Å². The highest BCUT2D eigenvalue weighted by atomic mass is 16.4. The second-order valence-electron chi connectivity index (χ2n) is 4.51. The van der Waals surface area contributed by atoms with E-state index >= 15 is 0 Å². The molecule has 0 fully saturated rings. The number of hydrogen-bond donors (Lipinski definition) is 4. The Morgan fingerprint density at radius 1 is 1.24 bits per heavy atom. The Kier molecular flexibility index (Phi) is 4.92. The number of carboxylic acids is 1. The molecular formula is C14H16N4O3. The van der Waals surface area contributed by atoms with Crippen molar-refractivity contribution in [1.82, 2.24) is 20.8 Å². The van der Waals surface area contributed by atoms with Gasteiger partial charge in [-0.05, 0) is 5.56 Å². The average Bonchev–Trinajstić information content (AvgIpc) is 2.99. The number of rotatable bonds is 6. The number of carbonyl (C=O) groups is 2. The van der Waals surface area contributed by atoms with Gasteiger partial charge in [-0.1, -0.05) is 30.3 Å². The van der Waals surface area contributed by atoms with Crippen LogP contribution in [0.1, 0.15) is 11.1 Å². The van der Waals surface area contributed by atoms with E-state index < -0.39 is 18.0 Å².